The van der Waals surface area contributed by atoms with Crippen LogP contribution < -0.4 is 0 Å². The number of hydrogen-bond donors (Lipinski definition) is 1. The average molecular weight is 269 g/mol. The summed E-state index contributed by atoms with van der Waals surface area (Å²) in [5, 5.41) is 8.90. The fourth-order valence-corrected chi connectivity index (χ4v) is 2.01. The lowest BCUT2D eigenvalue weighted by Crippen LogP contribution is -2.35. The largest absolute Gasteiger partial charge is 0.478 e. The normalized spacial score (nSPS) is 12.7. The Bertz CT molecular complexity index is 437. The lowest BCUT2D eigenvalue weighted by atomic mass is 10.1. The Morgan fingerprint density at radius 3 is 2.74 bits per heavy atom. The second-order valence-electron chi connectivity index (χ2n) is 4.45. The molecule has 0 aliphatic carbocycles. The van der Waals surface area contributed by atoms with Crippen LogP contribution in [0, 0.1) is 5.82 Å². The molecule has 0 fully saturated rings. The Morgan fingerprint density at radius 1 is 1.53 bits per heavy atom. The molecule has 0 saturated heterocycles. The van der Waals surface area contributed by atoms with Gasteiger partial charge in [0.2, 0.25) is 0 Å². The smallest absolute Gasteiger partial charge is 0.338 e. The number of ether oxygens (including phenoxy) is 1. The molecule has 1 rings (SSSR count). The monoisotopic (exact) mass is 269 g/mol. The van der Waals surface area contributed by atoms with Crippen LogP contribution in [0.3, 0.4) is 0 Å². The maximum Gasteiger partial charge on any atom is 0.338 e. The maximum absolute atomic E-state index is 14.0. The number of halogens is 1. The topological polar surface area (TPSA) is 49.8 Å². The van der Waals surface area contributed by atoms with Crippen molar-refractivity contribution in [1.82, 2.24) is 4.90 Å². The lowest BCUT2D eigenvalue weighted by molar-refractivity contribution is 0.0690. The zero-order valence-corrected chi connectivity index (χ0v) is 11.5. The number of rotatable bonds is 7. The van der Waals surface area contributed by atoms with Crippen LogP contribution in [0.5, 0.6) is 0 Å². The van der Waals surface area contributed by atoms with E-state index in [1.54, 1.807) is 19.2 Å². The Hall–Kier alpha value is -1.46. The third kappa shape index (κ3) is 4.01. The lowest BCUT2D eigenvalue weighted by Gasteiger charge is -2.27. The molecule has 19 heavy (non-hydrogen) atoms. The van der Waals surface area contributed by atoms with Gasteiger partial charge in [-0.25, -0.2) is 9.18 Å². The first-order valence-corrected chi connectivity index (χ1v) is 6.24. The summed E-state index contributed by atoms with van der Waals surface area (Å²) in [5.74, 6) is -1.90. The van der Waals surface area contributed by atoms with Crippen molar-refractivity contribution in [3.05, 3.63) is 35.1 Å². The summed E-state index contributed by atoms with van der Waals surface area (Å²) in [6.45, 7) is 5.63. The fraction of sp³-hybridized carbons (Fsp3) is 0.500. The Kier molecular flexibility index (Phi) is 5.92. The second kappa shape index (κ2) is 7.21. The van der Waals surface area contributed by atoms with Crippen molar-refractivity contribution in [2.45, 2.75) is 26.4 Å². The van der Waals surface area contributed by atoms with E-state index in [0.29, 0.717) is 18.7 Å². The molecule has 1 N–H and O–H groups in total. The Balaban J connectivity index is 2.91. The number of likely N-dealkylation sites (N-methyl/N-ethyl adjacent to an activating group) is 1. The van der Waals surface area contributed by atoms with Crippen molar-refractivity contribution in [2.24, 2.45) is 0 Å². The summed E-state index contributed by atoms with van der Waals surface area (Å²) in [4.78, 5) is 12.9. The minimum absolute atomic E-state index is 0.142. The molecule has 106 valence electrons. The molecule has 0 saturated carbocycles. The van der Waals surface area contributed by atoms with E-state index in [9.17, 15) is 9.18 Å². The van der Waals surface area contributed by atoms with E-state index >= 15 is 0 Å². The molecule has 1 aromatic rings. The van der Waals surface area contributed by atoms with Gasteiger partial charge < -0.3 is 9.84 Å². The van der Waals surface area contributed by atoms with Crippen LogP contribution in [0.1, 0.15) is 29.8 Å². The second-order valence-corrected chi connectivity index (χ2v) is 4.45. The number of nitrogens with zero attached hydrogens (tertiary/aromatic N) is 1. The molecule has 0 bridgehead atoms. The minimum atomic E-state index is -1.24. The zero-order chi connectivity index (χ0) is 14.4. The number of carbonyl (C=O) groups is 1. The first kappa shape index (κ1) is 15.6. The van der Waals surface area contributed by atoms with Gasteiger partial charge >= 0.3 is 5.97 Å². The molecule has 5 heteroatoms. The molecule has 0 aliphatic heterocycles. The molecule has 0 spiro atoms. The van der Waals surface area contributed by atoms with Gasteiger partial charge in [0.15, 0.2) is 0 Å². The van der Waals surface area contributed by atoms with Crippen LogP contribution in [0.15, 0.2) is 18.2 Å². The predicted molar refractivity (Wildman–Crippen MR) is 70.8 cm³/mol. The Morgan fingerprint density at radius 2 is 2.21 bits per heavy atom. The number of carboxylic acids is 1. The van der Waals surface area contributed by atoms with E-state index in [1.807, 2.05) is 18.7 Å². The number of benzene rings is 1. The highest BCUT2D eigenvalue weighted by Gasteiger charge is 2.18. The fourth-order valence-electron chi connectivity index (χ4n) is 2.01. The average Bonchev–Trinajstić information content (AvgIpc) is 2.37. The van der Waals surface area contributed by atoms with Gasteiger partial charge in [-0.3, -0.25) is 4.90 Å². The summed E-state index contributed by atoms with van der Waals surface area (Å²) >= 11 is 0. The van der Waals surface area contributed by atoms with Crippen molar-refractivity contribution in [3.63, 3.8) is 0 Å². The van der Waals surface area contributed by atoms with Crippen LogP contribution in [0.2, 0.25) is 0 Å². The van der Waals surface area contributed by atoms with Crippen molar-refractivity contribution in [1.29, 1.82) is 0 Å². The molecule has 0 aliphatic rings. The minimum Gasteiger partial charge on any atom is -0.478 e. The molecule has 1 unspecified atom stereocenters. The zero-order valence-electron chi connectivity index (χ0n) is 11.5. The van der Waals surface area contributed by atoms with Crippen LogP contribution in [-0.2, 0) is 11.3 Å². The van der Waals surface area contributed by atoms with Crippen LogP contribution in [0.25, 0.3) is 0 Å². The van der Waals surface area contributed by atoms with Gasteiger partial charge in [-0.2, -0.15) is 0 Å². The third-order valence-electron chi connectivity index (χ3n) is 3.12. The quantitative estimate of drug-likeness (QED) is 0.825. The standard InChI is InChI=1S/C14H20FNO3/c1-4-16(10(2)9-19-3)8-11-6-5-7-12(13(11)15)14(17)18/h5-7,10H,4,8-9H2,1-3H3,(H,17,18). The number of carboxylic acid groups (broad SMARTS) is 1. The highest BCUT2D eigenvalue weighted by molar-refractivity contribution is 5.88. The van der Waals surface area contributed by atoms with E-state index in [-0.39, 0.29) is 11.6 Å². The first-order valence-electron chi connectivity index (χ1n) is 6.24. The maximum atomic E-state index is 14.0. The van der Waals surface area contributed by atoms with E-state index in [2.05, 4.69) is 0 Å². The molecule has 4 nitrogen and oxygen atoms in total. The van der Waals surface area contributed by atoms with Gasteiger partial charge in [0.05, 0.1) is 12.2 Å². The summed E-state index contributed by atoms with van der Waals surface area (Å²) < 4.78 is 19.1. The highest BCUT2D eigenvalue weighted by Crippen LogP contribution is 2.16. The number of hydrogen-bond acceptors (Lipinski definition) is 3. The van der Waals surface area contributed by atoms with Crippen molar-refractivity contribution < 1.29 is 19.0 Å². The Labute approximate surface area is 112 Å². The molecule has 0 aromatic heterocycles. The predicted octanol–water partition coefficient (Wildman–Crippen LogP) is 2.38. The van der Waals surface area contributed by atoms with E-state index in [0.717, 1.165) is 6.54 Å². The number of aromatic carboxylic acids is 1. The van der Waals surface area contributed by atoms with Gasteiger partial charge in [-0.15, -0.1) is 0 Å². The van der Waals surface area contributed by atoms with Gasteiger partial charge in [0.1, 0.15) is 5.82 Å². The summed E-state index contributed by atoms with van der Waals surface area (Å²) in [7, 11) is 1.62. The van der Waals surface area contributed by atoms with Crippen LogP contribution in [-0.4, -0.2) is 42.3 Å². The summed E-state index contributed by atoms with van der Waals surface area (Å²) in [6, 6.07) is 4.60. The van der Waals surface area contributed by atoms with Gasteiger partial charge in [0, 0.05) is 25.3 Å². The third-order valence-corrected chi connectivity index (χ3v) is 3.12. The molecule has 1 atom stereocenters. The van der Waals surface area contributed by atoms with Crippen LogP contribution >= 0.6 is 0 Å². The summed E-state index contributed by atoms with van der Waals surface area (Å²) in [5.41, 5.74) is 0.109. The van der Waals surface area contributed by atoms with Gasteiger partial charge in [-0.1, -0.05) is 19.1 Å². The molecule has 0 radical (unpaired) electrons. The van der Waals surface area contributed by atoms with Gasteiger partial charge in [0.25, 0.3) is 0 Å². The van der Waals surface area contributed by atoms with Crippen LogP contribution in [0.4, 0.5) is 4.39 Å². The van der Waals surface area contributed by atoms with Gasteiger partial charge in [-0.05, 0) is 19.5 Å². The van der Waals surface area contributed by atoms with Crippen molar-refractivity contribution >= 4 is 5.97 Å². The van der Waals surface area contributed by atoms with E-state index < -0.39 is 11.8 Å². The van der Waals surface area contributed by atoms with E-state index in [4.69, 9.17) is 9.84 Å². The van der Waals surface area contributed by atoms with E-state index in [1.165, 1.54) is 6.07 Å². The molecule has 0 amide bonds. The SMILES string of the molecule is CCN(Cc1cccc(C(=O)O)c1F)C(C)COC. The number of methoxy groups -OCH3 is 1. The highest BCUT2D eigenvalue weighted by atomic mass is 19.1. The summed E-state index contributed by atoms with van der Waals surface area (Å²) in [6.07, 6.45) is 0. The molecule has 0 heterocycles. The first-order chi connectivity index (χ1) is 9.01. The van der Waals surface area contributed by atoms with Crippen molar-refractivity contribution in [2.75, 3.05) is 20.3 Å². The molecular formula is C14H20FNO3. The molecular weight excluding hydrogens is 249 g/mol. The van der Waals surface area contributed by atoms with Crippen molar-refractivity contribution in [3.8, 4) is 0 Å². The molecule has 1 aromatic carbocycles.